The minimum absolute atomic E-state index is 0.280. The summed E-state index contributed by atoms with van der Waals surface area (Å²) >= 11 is 0. The Morgan fingerprint density at radius 2 is 1.86 bits per heavy atom. The topological polar surface area (TPSA) is 96.4 Å². The Kier molecular flexibility index (Phi) is 6.52. The standard InChI is InChI=1S/C29H36N2O6/c1-18-10-11-19(2)21(16-18)30-14-9-13-29-22(25(33)31(20(3)17-32)24(29)26(30)34)23-27(35)36-15-8-6-5-7-12-28(23,4)37-29/h7,9-13,16,20,22-24,32H,5-6,8,14-15,17H2,1-4H3/b12-7-/t20-,22+,23+,24?,28-,29+/m1/s1. The maximum absolute atomic E-state index is 14.4. The number of aliphatic hydroxyl groups is 1. The van der Waals surface area contributed by atoms with Crippen LogP contribution in [0.2, 0.25) is 0 Å². The van der Waals surface area contributed by atoms with E-state index in [4.69, 9.17) is 9.47 Å². The minimum atomic E-state index is -1.37. The van der Waals surface area contributed by atoms with Gasteiger partial charge in [0.05, 0.1) is 30.8 Å². The van der Waals surface area contributed by atoms with Gasteiger partial charge in [-0.1, -0.05) is 36.4 Å². The van der Waals surface area contributed by atoms with Gasteiger partial charge in [-0.25, -0.2) is 0 Å². The number of carbonyl (C=O) groups is 3. The van der Waals surface area contributed by atoms with E-state index in [1.165, 1.54) is 4.90 Å². The number of anilines is 1. The molecule has 6 atom stereocenters. The number of hydrogen-bond acceptors (Lipinski definition) is 6. The Balaban J connectivity index is 1.67. The zero-order chi connectivity index (χ0) is 26.5. The number of benzene rings is 1. The average Bonchev–Trinajstić information content (AvgIpc) is 3.20. The highest BCUT2D eigenvalue weighted by Gasteiger charge is 2.75. The summed E-state index contributed by atoms with van der Waals surface area (Å²) in [5.41, 5.74) is 0.217. The highest BCUT2D eigenvalue weighted by molar-refractivity contribution is 6.06. The lowest BCUT2D eigenvalue weighted by Crippen LogP contribution is -2.58. The molecule has 2 fully saturated rings. The molecule has 8 heteroatoms. The monoisotopic (exact) mass is 508 g/mol. The second-order valence-corrected chi connectivity index (χ2v) is 11.0. The molecule has 2 amide bonds. The SMILES string of the molecule is Cc1ccc(C)c(N2CC=C[C@]34O[C@]5(C)/C=C\CCCCOC(=O)[C@@H]5[C@H]3C(=O)N([C@H](C)CO)C4C2=O)c1. The minimum Gasteiger partial charge on any atom is -0.465 e. The van der Waals surface area contributed by atoms with Crippen molar-refractivity contribution in [2.24, 2.45) is 11.8 Å². The van der Waals surface area contributed by atoms with E-state index in [-0.39, 0.29) is 25.0 Å². The molecule has 0 aromatic heterocycles. The molecule has 2 saturated heterocycles. The van der Waals surface area contributed by atoms with Gasteiger partial charge in [-0.3, -0.25) is 14.4 Å². The number of aryl methyl sites for hydroxylation is 2. The first-order valence-electron chi connectivity index (χ1n) is 13.2. The van der Waals surface area contributed by atoms with E-state index in [0.717, 1.165) is 36.1 Å². The van der Waals surface area contributed by atoms with Crippen molar-refractivity contribution in [2.75, 3.05) is 24.7 Å². The van der Waals surface area contributed by atoms with Gasteiger partial charge in [-0.2, -0.15) is 0 Å². The van der Waals surface area contributed by atoms with Crippen LogP contribution < -0.4 is 4.90 Å². The van der Waals surface area contributed by atoms with E-state index in [0.29, 0.717) is 6.54 Å². The number of nitrogens with zero attached hydrogens (tertiary/aromatic N) is 2. The van der Waals surface area contributed by atoms with Crippen molar-refractivity contribution in [3.8, 4) is 0 Å². The van der Waals surface area contributed by atoms with Gasteiger partial charge in [0, 0.05) is 12.2 Å². The van der Waals surface area contributed by atoms with Crippen molar-refractivity contribution in [3.63, 3.8) is 0 Å². The Bertz CT molecular complexity index is 1180. The lowest BCUT2D eigenvalue weighted by atomic mass is 9.74. The third-order valence-electron chi connectivity index (χ3n) is 8.33. The molecule has 4 aliphatic heterocycles. The molecule has 8 nitrogen and oxygen atoms in total. The molecule has 1 spiro atoms. The van der Waals surface area contributed by atoms with Crippen LogP contribution in [0.5, 0.6) is 0 Å². The summed E-state index contributed by atoms with van der Waals surface area (Å²) in [6, 6.07) is 4.25. The van der Waals surface area contributed by atoms with Crippen LogP contribution in [0.4, 0.5) is 5.69 Å². The second-order valence-electron chi connectivity index (χ2n) is 11.0. The van der Waals surface area contributed by atoms with Gasteiger partial charge < -0.3 is 24.4 Å². The third kappa shape index (κ3) is 3.92. The third-order valence-corrected chi connectivity index (χ3v) is 8.33. The molecule has 4 aliphatic rings. The van der Waals surface area contributed by atoms with Gasteiger partial charge in [0.2, 0.25) is 5.91 Å². The number of ether oxygens (including phenoxy) is 2. The zero-order valence-electron chi connectivity index (χ0n) is 22.0. The predicted molar refractivity (Wildman–Crippen MR) is 138 cm³/mol. The molecule has 1 N–H and O–H groups in total. The maximum Gasteiger partial charge on any atom is 0.313 e. The molecule has 0 radical (unpaired) electrons. The highest BCUT2D eigenvalue weighted by Crippen LogP contribution is 2.57. The predicted octanol–water partition coefficient (Wildman–Crippen LogP) is 2.84. The van der Waals surface area contributed by atoms with Gasteiger partial charge in [-0.05, 0) is 64.2 Å². The fourth-order valence-corrected chi connectivity index (χ4v) is 6.53. The molecule has 1 unspecified atom stereocenters. The van der Waals surface area contributed by atoms with E-state index >= 15 is 0 Å². The number of rotatable bonds is 3. The van der Waals surface area contributed by atoms with Gasteiger partial charge in [0.25, 0.3) is 5.91 Å². The summed E-state index contributed by atoms with van der Waals surface area (Å²) in [6.07, 6.45) is 9.97. The number of esters is 1. The van der Waals surface area contributed by atoms with Crippen LogP contribution in [0.1, 0.15) is 44.2 Å². The number of likely N-dealkylation sites (tertiary alicyclic amines) is 1. The molecular weight excluding hydrogens is 472 g/mol. The maximum atomic E-state index is 14.4. The Morgan fingerprint density at radius 1 is 1.08 bits per heavy atom. The number of amides is 2. The lowest BCUT2D eigenvalue weighted by molar-refractivity contribution is -0.159. The van der Waals surface area contributed by atoms with E-state index in [1.54, 1.807) is 18.7 Å². The normalized spacial score (nSPS) is 35.4. The Hall–Kier alpha value is -2.97. The van der Waals surface area contributed by atoms with Gasteiger partial charge in [0.15, 0.2) is 0 Å². The number of aliphatic hydroxyl groups excluding tert-OH is 1. The Morgan fingerprint density at radius 3 is 2.62 bits per heavy atom. The fourth-order valence-electron chi connectivity index (χ4n) is 6.53. The van der Waals surface area contributed by atoms with E-state index in [9.17, 15) is 19.5 Å². The van der Waals surface area contributed by atoms with Crippen molar-refractivity contribution >= 4 is 23.5 Å². The van der Waals surface area contributed by atoms with Gasteiger partial charge in [-0.15, -0.1) is 0 Å². The first-order valence-corrected chi connectivity index (χ1v) is 13.2. The smallest absolute Gasteiger partial charge is 0.313 e. The summed E-state index contributed by atoms with van der Waals surface area (Å²) in [5.74, 6) is -3.02. The summed E-state index contributed by atoms with van der Waals surface area (Å²) in [6.45, 7) is 7.69. The van der Waals surface area contributed by atoms with Crippen molar-refractivity contribution in [1.82, 2.24) is 4.90 Å². The zero-order valence-corrected chi connectivity index (χ0v) is 22.0. The van der Waals surface area contributed by atoms with Gasteiger partial charge >= 0.3 is 5.97 Å². The van der Waals surface area contributed by atoms with Crippen LogP contribution in [-0.2, 0) is 23.9 Å². The van der Waals surface area contributed by atoms with Crippen LogP contribution in [0.3, 0.4) is 0 Å². The molecular formula is C29H36N2O6. The molecule has 0 aliphatic carbocycles. The first kappa shape index (κ1) is 25.7. The number of cyclic esters (lactones) is 1. The Labute approximate surface area is 217 Å². The van der Waals surface area contributed by atoms with E-state index in [1.807, 2.05) is 56.4 Å². The molecule has 5 rings (SSSR count). The fraction of sp³-hybridized carbons (Fsp3) is 0.552. The first-order chi connectivity index (χ1) is 17.6. The van der Waals surface area contributed by atoms with E-state index in [2.05, 4.69) is 0 Å². The number of allylic oxidation sites excluding steroid dienone is 1. The largest absolute Gasteiger partial charge is 0.465 e. The molecule has 37 heavy (non-hydrogen) atoms. The second kappa shape index (κ2) is 9.40. The lowest BCUT2D eigenvalue weighted by Gasteiger charge is -2.39. The summed E-state index contributed by atoms with van der Waals surface area (Å²) in [7, 11) is 0. The van der Waals surface area contributed by atoms with E-state index < -0.39 is 41.1 Å². The van der Waals surface area contributed by atoms with Crippen molar-refractivity contribution < 1.29 is 29.0 Å². The van der Waals surface area contributed by atoms with Crippen LogP contribution in [0, 0.1) is 25.7 Å². The van der Waals surface area contributed by atoms with Crippen molar-refractivity contribution in [1.29, 1.82) is 0 Å². The molecule has 1 aromatic carbocycles. The number of carbonyl (C=O) groups excluding carboxylic acids is 3. The van der Waals surface area contributed by atoms with Crippen LogP contribution in [0.15, 0.2) is 42.5 Å². The molecule has 0 bridgehead atoms. The van der Waals surface area contributed by atoms with Gasteiger partial charge in [0.1, 0.15) is 17.6 Å². The molecule has 1 aromatic rings. The van der Waals surface area contributed by atoms with Crippen LogP contribution in [-0.4, -0.2) is 70.8 Å². The average molecular weight is 509 g/mol. The summed E-state index contributed by atoms with van der Waals surface area (Å²) in [4.78, 5) is 45.2. The quantitative estimate of drug-likeness (QED) is 0.498. The number of fused-ring (bicyclic) bond motifs is 2. The molecule has 4 heterocycles. The van der Waals surface area contributed by atoms with Crippen molar-refractivity contribution in [2.45, 2.75) is 70.2 Å². The molecule has 198 valence electrons. The molecule has 0 saturated carbocycles. The van der Waals surface area contributed by atoms with Crippen molar-refractivity contribution in [3.05, 3.63) is 53.6 Å². The highest BCUT2D eigenvalue weighted by atomic mass is 16.6. The summed E-state index contributed by atoms with van der Waals surface area (Å²) < 4.78 is 12.4. The van der Waals surface area contributed by atoms with Crippen LogP contribution in [0.25, 0.3) is 0 Å². The number of hydrogen-bond donors (Lipinski definition) is 1. The van der Waals surface area contributed by atoms with Crippen LogP contribution >= 0.6 is 0 Å². The summed E-state index contributed by atoms with van der Waals surface area (Å²) in [5, 5.41) is 10.1.